The molecule has 0 aliphatic carbocycles. The number of aryl methyl sites for hydroxylation is 1. The Kier molecular flexibility index (Phi) is 4.49. The van der Waals surface area contributed by atoms with E-state index in [1.54, 1.807) is 11.3 Å². The molecule has 0 bridgehead atoms. The summed E-state index contributed by atoms with van der Waals surface area (Å²) in [6.07, 6.45) is 2.00. The molecule has 1 amide bonds. The van der Waals surface area contributed by atoms with Gasteiger partial charge in [0.1, 0.15) is 5.01 Å². The van der Waals surface area contributed by atoms with Crippen LogP contribution in [0.3, 0.4) is 0 Å². The van der Waals surface area contributed by atoms with Crippen molar-refractivity contribution in [2.75, 3.05) is 5.32 Å². The minimum atomic E-state index is -0.132. The molecule has 136 valence electrons. The Bertz CT molecular complexity index is 1110. The van der Waals surface area contributed by atoms with Crippen LogP contribution in [0.1, 0.15) is 35.9 Å². The number of carbonyl (C=O) groups is 1. The van der Waals surface area contributed by atoms with Crippen molar-refractivity contribution in [3.05, 3.63) is 65.3 Å². The van der Waals surface area contributed by atoms with Crippen LogP contribution in [0.4, 0.5) is 5.69 Å². The molecule has 0 aliphatic rings. The topological polar surface area (TPSA) is 59.8 Å². The number of carbonyl (C=O) groups excluding carboxylic acids is 1. The molecule has 0 saturated heterocycles. The van der Waals surface area contributed by atoms with Crippen LogP contribution in [0.25, 0.3) is 21.5 Å². The summed E-state index contributed by atoms with van der Waals surface area (Å²) >= 11 is 1.60. The maximum Gasteiger partial charge on any atom is 0.255 e. The fourth-order valence-electron chi connectivity index (χ4n) is 2.84. The van der Waals surface area contributed by atoms with E-state index in [0.29, 0.717) is 11.6 Å². The maximum absolute atomic E-state index is 12.6. The largest absolute Gasteiger partial charge is 0.322 e. The van der Waals surface area contributed by atoms with Gasteiger partial charge in [0.05, 0.1) is 5.52 Å². The van der Waals surface area contributed by atoms with Gasteiger partial charge in [0, 0.05) is 45.5 Å². The van der Waals surface area contributed by atoms with E-state index >= 15 is 0 Å². The molecule has 0 radical (unpaired) electrons. The van der Waals surface area contributed by atoms with E-state index in [2.05, 4.69) is 29.2 Å². The zero-order valence-corrected chi connectivity index (χ0v) is 16.2. The van der Waals surface area contributed by atoms with Gasteiger partial charge in [-0.05, 0) is 51.1 Å². The van der Waals surface area contributed by atoms with Crippen LogP contribution in [-0.2, 0) is 0 Å². The Morgan fingerprint density at radius 3 is 2.59 bits per heavy atom. The second-order valence-corrected chi connectivity index (χ2v) is 7.66. The molecule has 0 saturated carbocycles. The molecule has 0 atom stereocenters. The molecular formula is C21H20N4OS. The Morgan fingerprint density at radius 2 is 1.93 bits per heavy atom. The Balaban J connectivity index is 1.52. The molecule has 6 heteroatoms. The maximum atomic E-state index is 12.6. The van der Waals surface area contributed by atoms with Crippen molar-refractivity contribution in [3.63, 3.8) is 0 Å². The van der Waals surface area contributed by atoms with Gasteiger partial charge in [-0.15, -0.1) is 11.3 Å². The van der Waals surface area contributed by atoms with Crippen LogP contribution in [-0.4, -0.2) is 20.7 Å². The summed E-state index contributed by atoms with van der Waals surface area (Å²) in [7, 11) is 0. The van der Waals surface area contributed by atoms with Gasteiger partial charge < -0.3 is 5.32 Å². The third kappa shape index (κ3) is 3.61. The standard InChI is InChI=1S/C21H20N4OS/c1-13(2)25-11-17-10-18(8-9-19(17)24-25)23-20(26)15-4-6-16(7-5-15)21-22-14(3)12-27-21/h4-13H,1-3H3,(H,23,26). The van der Waals surface area contributed by atoms with E-state index in [0.717, 1.165) is 32.9 Å². The van der Waals surface area contributed by atoms with E-state index in [4.69, 9.17) is 0 Å². The first-order valence-electron chi connectivity index (χ1n) is 8.82. The van der Waals surface area contributed by atoms with Crippen molar-refractivity contribution in [2.24, 2.45) is 0 Å². The summed E-state index contributed by atoms with van der Waals surface area (Å²) in [5.41, 5.74) is 4.32. The molecule has 5 nitrogen and oxygen atoms in total. The van der Waals surface area contributed by atoms with Crippen molar-refractivity contribution in [2.45, 2.75) is 26.8 Å². The number of nitrogens with zero attached hydrogens (tertiary/aromatic N) is 3. The quantitative estimate of drug-likeness (QED) is 0.526. The molecular weight excluding hydrogens is 356 g/mol. The number of anilines is 1. The minimum Gasteiger partial charge on any atom is -0.322 e. The normalized spacial score (nSPS) is 11.3. The molecule has 0 unspecified atom stereocenters. The number of fused-ring (bicyclic) bond motifs is 1. The molecule has 2 aromatic heterocycles. The van der Waals surface area contributed by atoms with Gasteiger partial charge in [-0.1, -0.05) is 12.1 Å². The monoisotopic (exact) mass is 376 g/mol. The van der Waals surface area contributed by atoms with Crippen molar-refractivity contribution in [3.8, 4) is 10.6 Å². The molecule has 4 aromatic rings. The molecule has 4 rings (SSSR count). The van der Waals surface area contributed by atoms with Crippen LogP contribution < -0.4 is 5.32 Å². The number of benzene rings is 2. The fourth-order valence-corrected chi connectivity index (χ4v) is 3.64. The average molecular weight is 376 g/mol. The summed E-state index contributed by atoms with van der Waals surface area (Å²) in [6, 6.07) is 13.6. The number of rotatable bonds is 4. The van der Waals surface area contributed by atoms with Crippen LogP contribution in [0, 0.1) is 6.92 Å². The third-order valence-corrected chi connectivity index (χ3v) is 5.33. The van der Waals surface area contributed by atoms with E-state index < -0.39 is 0 Å². The second kappa shape index (κ2) is 6.96. The van der Waals surface area contributed by atoms with Crippen LogP contribution >= 0.6 is 11.3 Å². The molecule has 2 aromatic carbocycles. The smallest absolute Gasteiger partial charge is 0.255 e. The lowest BCUT2D eigenvalue weighted by molar-refractivity contribution is 0.102. The van der Waals surface area contributed by atoms with Crippen molar-refractivity contribution < 1.29 is 4.79 Å². The third-order valence-electron chi connectivity index (χ3n) is 4.32. The number of hydrogen-bond acceptors (Lipinski definition) is 4. The SMILES string of the molecule is Cc1csc(-c2ccc(C(=O)Nc3ccc4nn(C(C)C)cc4c3)cc2)n1. The first-order valence-corrected chi connectivity index (χ1v) is 9.70. The zero-order chi connectivity index (χ0) is 19.0. The molecule has 0 fully saturated rings. The molecule has 27 heavy (non-hydrogen) atoms. The Morgan fingerprint density at radius 1 is 1.15 bits per heavy atom. The summed E-state index contributed by atoms with van der Waals surface area (Å²) in [4.78, 5) is 17.0. The van der Waals surface area contributed by atoms with Crippen molar-refractivity contribution in [1.29, 1.82) is 0 Å². The van der Waals surface area contributed by atoms with Gasteiger partial charge in [-0.2, -0.15) is 5.10 Å². The minimum absolute atomic E-state index is 0.132. The lowest BCUT2D eigenvalue weighted by Gasteiger charge is -2.06. The number of aromatic nitrogens is 3. The lowest BCUT2D eigenvalue weighted by Crippen LogP contribution is -2.11. The predicted octanol–water partition coefficient (Wildman–Crippen LogP) is 5.30. The summed E-state index contributed by atoms with van der Waals surface area (Å²) in [6.45, 7) is 6.15. The highest BCUT2D eigenvalue weighted by Gasteiger charge is 2.10. The summed E-state index contributed by atoms with van der Waals surface area (Å²) in [5, 5.41) is 11.5. The van der Waals surface area contributed by atoms with Gasteiger partial charge in [-0.25, -0.2) is 4.98 Å². The van der Waals surface area contributed by atoms with E-state index in [1.165, 1.54) is 0 Å². The second-order valence-electron chi connectivity index (χ2n) is 6.80. The first-order chi connectivity index (χ1) is 13.0. The van der Waals surface area contributed by atoms with Gasteiger partial charge in [0.2, 0.25) is 0 Å². The van der Waals surface area contributed by atoms with Crippen molar-refractivity contribution in [1.82, 2.24) is 14.8 Å². The van der Waals surface area contributed by atoms with Gasteiger partial charge in [-0.3, -0.25) is 9.48 Å². The van der Waals surface area contributed by atoms with Gasteiger partial charge in [0.25, 0.3) is 5.91 Å². The van der Waals surface area contributed by atoms with Gasteiger partial charge in [0.15, 0.2) is 0 Å². The Labute approximate surface area is 161 Å². The van der Waals surface area contributed by atoms with E-state index in [-0.39, 0.29) is 5.91 Å². The number of thiazole rings is 1. The van der Waals surface area contributed by atoms with Crippen molar-refractivity contribution >= 4 is 33.8 Å². The Hall–Kier alpha value is -2.99. The number of amides is 1. The highest BCUT2D eigenvalue weighted by Crippen LogP contribution is 2.24. The van der Waals surface area contributed by atoms with Crippen LogP contribution in [0.5, 0.6) is 0 Å². The average Bonchev–Trinajstić information content (AvgIpc) is 3.28. The highest BCUT2D eigenvalue weighted by atomic mass is 32.1. The highest BCUT2D eigenvalue weighted by molar-refractivity contribution is 7.13. The predicted molar refractivity (Wildman–Crippen MR) is 110 cm³/mol. The first kappa shape index (κ1) is 17.4. The lowest BCUT2D eigenvalue weighted by atomic mass is 10.1. The molecule has 0 spiro atoms. The molecule has 2 heterocycles. The summed E-state index contributed by atoms with van der Waals surface area (Å²) in [5.74, 6) is -0.132. The molecule has 1 N–H and O–H groups in total. The summed E-state index contributed by atoms with van der Waals surface area (Å²) < 4.78 is 1.93. The van der Waals surface area contributed by atoms with Crippen LogP contribution in [0.2, 0.25) is 0 Å². The number of hydrogen-bond donors (Lipinski definition) is 1. The van der Waals surface area contributed by atoms with Crippen LogP contribution in [0.15, 0.2) is 54.0 Å². The van der Waals surface area contributed by atoms with Gasteiger partial charge >= 0.3 is 0 Å². The molecule has 0 aliphatic heterocycles. The fraction of sp³-hybridized carbons (Fsp3) is 0.190. The number of nitrogens with one attached hydrogen (secondary N) is 1. The zero-order valence-electron chi connectivity index (χ0n) is 15.4. The van der Waals surface area contributed by atoms with E-state index in [1.807, 2.05) is 65.6 Å². The van der Waals surface area contributed by atoms with E-state index in [9.17, 15) is 4.79 Å².